The van der Waals surface area contributed by atoms with Crippen LogP contribution in [0.25, 0.3) is 0 Å². The van der Waals surface area contributed by atoms with E-state index in [0.29, 0.717) is 30.9 Å². The van der Waals surface area contributed by atoms with Crippen LogP contribution >= 0.6 is 0 Å². The number of aliphatic imine (C=N–C) groups is 1. The van der Waals surface area contributed by atoms with E-state index in [1.54, 1.807) is 13.1 Å². The van der Waals surface area contributed by atoms with Gasteiger partial charge in [0.1, 0.15) is 24.3 Å². The molecule has 230 valence electrons. The molecule has 3 N–H and O–H groups in total. The highest BCUT2D eigenvalue weighted by atomic mass is 16.6. The Kier molecular flexibility index (Phi) is 10.6. The van der Waals surface area contributed by atoms with Crippen LogP contribution in [0, 0.1) is 5.92 Å². The van der Waals surface area contributed by atoms with Gasteiger partial charge in [0.2, 0.25) is 11.8 Å². The van der Waals surface area contributed by atoms with Crippen LogP contribution in [0.15, 0.2) is 57.7 Å². The summed E-state index contributed by atoms with van der Waals surface area (Å²) in [5.41, 5.74) is 0.507. The minimum absolute atomic E-state index is 0.0156. The highest BCUT2D eigenvalue weighted by molar-refractivity contribution is 5.99. The lowest BCUT2D eigenvalue weighted by Gasteiger charge is -2.26. The molecule has 1 aromatic heterocycles. The summed E-state index contributed by atoms with van der Waals surface area (Å²) in [6, 6.07) is 7.77. The van der Waals surface area contributed by atoms with Crippen LogP contribution in [0.2, 0.25) is 0 Å². The Morgan fingerprint density at radius 2 is 1.67 bits per heavy atom. The van der Waals surface area contributed by atoms with Gasteiger partial charge in [0.05, 0.1) is 12.6 Å². The molecule has 4 atom stereocenters. The van der Waals surface area contributed by atoms with Gasteiger partial charge in [-0.05, 0) is 24.8 Å². The molecule has 3 amide bonds. The fraction of sp³-hybridized carbons (Fsp3) is 0.484. The van der Waals surface area contributed by atoms with Gasteiger partial charge in [-0.3, -0.25) is 24.2 Å². The number of hydrogen-bond acceptors (Lipinski definition) is 9. The van der Waals surface area contributed by atoms with Crippen LogP contribution in [-0.4, -0.2) is 72.3 Å². The minimum Gasteiger partial charge on any atom is -0.377 e. The minimum atomic E-state index is -1.07. The number of methoxy groups -OCH3 is 1. The van der Waals surface area contributed by atoms with E-state index in [-0.39, 0.29) is 36.8 Å². The van der Waals surface area contributed by atoms with E-state index < -0.39 is 41.4 Å². The molecule has 0 saturated carbocycles. The standard InChI is InChI=1S/C31H39N5O7/c1-19(2)13-23(27(37)31(3)18-42-31)33-28(38)24(14-20-9-6-5-7-10-20)34-29(39)25(15-21-11-8-12-32-21)35-30(40)26-16-22(17-41-4)43-36-26/h5-7,9-12,16,19,23-25H,8,13-15,17-18H2,1-4H3,(H,33,38)(H,34,39)(H,35,40)/t23-,24-,25-,31+/m0/s1. The number of epoxide rings is 1. The van der Waals surface area contributed by atoms with Crippen molar-refractivity contribution in [1.29, 1.82) is 0 Å². The number of hydrogen-bond donors (Lipinski definition) is 3. The van der Waals surface area contributed by atoms with Crippen molar-refractivity contribution in [3.63, 3.8) is 0 Å². The van der Waals surface area contributed by atoms with Gasteiger partial charge >= 0.3 is 0 Å². The molecular weight excluding hydrogens is 554 g/mol. The number of ketones is 1. The Morgan fingerprint density at radius 1 is 1.00 bits per heavy atom. The molecule has 2 aromatic rings. The number of amides is 3. The van der Waals surface area contributed by atoms with E-state index in [1.165, 1.54) is 13.2 Å². The molecule has 0 unspecified atom stereocenters. The Hall–Kier alpha value is -4.16. The topological polar surface area (TPSA) is 165 Å². The van der Waals surface area contributed by atoms with Crippen molar-refractivity contribution in [3.8, 4) is 0 Å². The van der Waals surface area contributed by atoms with E-state index >= 15 is 0 Å². The van der Waals surface area contributed by atoms with E-state index in [9.17, 15) is 19.2 Å². The molecule has 0 spiro atoms. The zero-order chi connectivity index (χ0) is 31.0. The number of benzene rings is 1. The summed E-state index contributed by atoms with van der Waals surface area (Å²) >= 11 is 0. The number of aromatic nitrogens is 1. The van der Waals surface area contributed by atoms with Crippen LogP contribution < -0.4 is 16.0 Å². The third-order valence-electron chi connectivity index (χ3n) is 7.18. The van der Waals surface area contributed by atoms with Gasteiger partial charge in [-0.15, -0.1) is 0 Å². The summed E-state index contributed by atoms with van der Waals surface area (Å²) in [4.78, 5) is 58.0. The Labute approximate surface area is 250 Å². The molecule has 43 heavy (non-hydrogen) atoms. The third kappa shape index (κ3) is 8.91. The summed E-state index contributed by atoms with van der Waals surface area (Å²) in [7, 11) is 1.49. The van der Waals surface area contributed by atoms with Gasteiger partial charge in [-0.2, -0.15) is 0 Å². The van der Waals surface area contributed by atoms with Gasteiger partial charge < -0.3 is 29.9 Å². The van der Waals surface area contributed by atoms with Gasteiger partial charge in [0, 0.05) is 44.4 Å². The van der Waals surface area contributed by atoms with Crippen LogP contribution in [-0.2, 0) is 36.9 Å². The molecule has 1 aromatic carbocycles. The second-order valence-corrected chi connectivity index (χ2v) is 11.4. The zero-order valence-electron chi connectivity index (χ0n) is 24.9. The fourth-order valence-corrected chi connectivity index (χ4v) is 4.75. The van der Waals surface area contributed by atoms with Gasteiger partial charge in [-0.1, -0.05) is 55.4 Å². The summed E-state index contributed by atoms with van der Waals surface area (Å²) < 4.78 is 15.5. The lowest BCUT2D eigenvalue weighted by molar-refractivity contribution is -0.133. The van der Waals surface area contributed by atoms with E-state index in [2.05, 4.69) is 26.1 Å². The van der Waals surface area contributed by atoms with E-state index in [0.717, 1.165) is 5.56 Å². The quantitative estimate of drug-likeness (QED) is 0.250. The van der Waals surface area contributed by atoms with Crippen molar-refractivity contribution in [2.75, 3.05) is 13.7 Å². The molecule has 2 aliphatic heterocycles. The van der Waals surface area contributed by atoms with Crippen molar-refractivity contribution >= 4 is 29.7 Å². The Morgan fingerprint density at radius 3 is 2.28 bits per heavy atom. The molecule has 12 nitrogen and oxygen atoms in total. The molecule has 2 aliphatic rings. The number of carbonyl (C=O) groups is 4. The summed E-state index contributed by atoms with van der Waals surface area (Å²) in [5.74, 6) is -1.44. The molecule has 1 saturated heterocycles. The lowest BCUT2D eigenvalue weighted by Crippen LogP contribution is -2.57. The first-order valence-electron chi connectivity index (χ1n) is 14.4. The van der Waals surface area contributed by atoms with Crippen LogP contribution in [0.3, 0.4) is 0 Å². The maximum Gasteiger partial charge on any atom is 0.274 e. The number of allylic oxidation sites excluding steroid dienone is 1. The average molecular weight is 594 g/mol. The normalized spacial score (nSPS) is 19.3. The van der Waals surface area contributed by atoms with Crippen molar-refractivity contribution in [3.05, 3.63) is 65.2 Å². The Bertz CT molecular complexity index is 1360. The van der Waals surface area contributed by atoms with Crippen LogP contribution in [0.5, 0.6) is 0 Å². The molecule has 12 heteroatoms. The van der Waals surface area contributed by atoms with Crippen LogP contribution in [0.4, 0.5) is 0 Å². The summed E-state index contributed by atoms with van der Waals surface area (Å²) in [5, 5.41) is 12.2. The van der Waals surface area contributed by atoms with E-state index in [4.69, 9.17) is 14.0 Å². The number of ether oxygens (including phenoxy) is 2. The fourth-order valence-electron chi connectivity index (χ4n) is 4.75. The maximum atomic E-state index is 13.7. The molecule has 0 bridgehead atoms. The second kappa shape index (κ2) is 14.3. The van der Waals surface area contributed by atoms with Gasteiger partial charge in [0.25, 0.3) is 5.91 Å². The first-order valence-corrected chi connectivity index (χ1v) is 14.4. The zero-order valence-corrected chi connectivity index (χ0v) is 24.9. The first-order chi connectivity index (χ1) is 20.6. The average Bonchev–Trinajstić information content (AvgIpc) is 3.32. The van der Waals surface area contributed by atoms with Crippen molar-refractivity contribution in [2.45, 2.75) is 76.8 Å². The number of Topliss-reactive ketones (excluding diaryl/α,β-unsaturated/α-hetero) is 1. The van der Waals surface area contributed by atoms with Crippen molar-refractivity contribution < 1.29 is 33.2 Å². The number of rotatable bonds is 16. The van der Waals surface area contributed by atoms with Crippen molar-refractivity contribution in [2.24, 2.45) is 10.9 Å². The number of nitrogens with one attached hydrogen (secondary N) is 3. The highest BCUT2D eigenvalue weighted by Gasteiger charge is 2.50. The second-order valence-electron chi connectivity index (χ2n) is 11.4. The molecule has 0 radical (unpaired) electrons. The summed E-state index contributed by atoms with van der Waals surface area (Å²) in [6.07, 6.45) is 4.87. The SMILES string of the molecule is COCc1cc(C(=O)N[C@@H](CC2=CCC=N2)C(=O)N[C@@H](Cc2ccccc2)C(=O)N[C@@H](CC(C)C)C(=O)[C@@]2(C)CO2)no1. The number of nitrogens with zero attached hydrogens (tertiary/aromatic N) is 2. The summed E-state index contributed by atoms with van der Waals surface area (Å²) in [6.45, 7) is 6.07. The van der Waals surface area contributed by atoms with Gasteiger partial charge in [0.15, 0.2) is 17.2 Å². The largest absolute Gasteiger partial charge is 0.377 e. The molecule has 4 rings (SSSR count). The maximum absolute atomic E-state index is 13.7. The monoisotopic (exact) mass is 593 g/mol. The predicted octanol–water partition coefficient (Wildman–Crippen LogP) is 2.28. The highest BCUT2D eigenvalue weighted by Crippen LogP contribution is 2.29. The van der Waals surface area contributed by atoms with Crippen LogP contribution in [0.1, 0.15) is 61.8 Å². The Balaban J connectivity index is 1.54. The van der Waals surface area contributed by atoms with Gasteiger partial charge in [-0.25, -0.2) is 0 Å². The molecule has 3 heterocycles. The predicted molar refractivity (Wildman–Crippen MR) is 157 cm³/mol. The molecule has 1 fully saturated rings. The first kappa shape index (κ1) is 31.8. The van der Waals surface area contributed by atoms with E-state index in [1.807, 2.05) is 50.3 Å². The molecular formula is C31H39N5O7. The molecule has 0 aliphatic carbocycles. The lowest BCUT2D eigenvalue weighted by atomic mass is 9.93. The van der Waals surface area contributed by atoms with Crippen molar-refractivity contribution in [1.82, 2.24) is 21.1 Å². The number of carbonyl (C=O) groups excluding carboxylic acids is 4. The third-order valence-corrected chi connectivity index (χ3v) is 7.18. The smallest absolute Gasteiger partial charge is 0.274 e.